The second-order valence-corrected chi connectivity index (χ2v) is 6.64. The summed E-state index contributed by atoms with van der Waals surface area (Å²) in [6.45, 7) is 4.09. The van der Waals surface area contributed by atoms with Gasteiger partial charge in [-0.15, -0.1) is 17.9 Å². The van der Waals surface area contributed by atoms with Gasteiger partial charge in [-0.25, -0.2) is 12.7 Å². The molecule has 0 saturated carbocycles. The molecule has 1 rings (SSSR count). The zero-order chi connectivity index (χ0) is 12.2. The Morgan fingerprint density at radius 1 is 1.62 bits per heavy atom. The minimum absolute atomic E-state index is 0.297. The smallest absolute Gasteiger partial charge is 0.252 e. The summed E-state index contributed by atoms with van der Waals surface area (Å²) >= 11 is 1.15. The number of anilines is 1. The maximum atomic E-state index is 12.0. The van der Waals surface area contributed by atoms with Crippen LogP contribution in [0.4, 0.5) is 5.69 Å². The molecule has 90 valence electrons. The van der Waals surface area contributed by atoms with E-state index in [1.807, 2.05) is 0 Å². The van der Waals surface area contributed by atoms with Crippen molar-refractivity contribution in [1.82, 2.24) is 4.31 Å². The lowest BCUT2D eigenvalue weighted by molar-refractivity contribution is 0.464. The predicted molar refractivity (Wildman–Crippen MR) is 68.0 cm³/mol. The molecule has 0 bridgehead atoms. The van der Waals surface area contributed by atoms with Crippen molar-refractivity contribution in [3.63, 3.8) is 0 Å². The third-order valence-corrected chi connectivity index (χ3v) is 5.43. The summed E-state index contributed by atoms with van der Waals surface area (Å²) in [5, 5.41) is 1.63. The largest absolute Gasteiger partial charge is 0.398 e. The molecule has 0 atom stereocenters. The van der Waals surface area contributed by atoms with Crippen LogP contribution >= 0.6 is 11.3 Å². The van der Waals surface area contributed by atoms with Crippen molar-refractivity contribution in [2.24, 2.45) is 0 Å². The summed E-state index contributed by atoms with van der Waals surface area (Å²) in [7, 11) is -1.78. The minimum Gasteiger partial charge on any atom is -0.398 e. The van der Waals surface area contributed by atoms with E-state index in [9.17, 15) is 8.42 Å². The van der Waals surface area contributed by atoms with Gasteiger partial charge in [0.1, 0.15) is 4.21 Å². The van der Waals surface area contributed by atoms with Crippen molar-refractivity contribution in [2.45, 2.75) is 17.1 Å². The Balaban J connectivity index is 2.74. The number of nitrogens with zero attached hydrogens (tertiary/aromatic N) is 1. The highest BCUT2D eigenvalue weighted by Crippen LogP contribution is 2.24. The number of hydrogen-bond donors (Lipinski definition) is 1. The maximum absolute atomic E-state index is 12.0. The molecular weight excluding hydrogens is 244 g/mol. The predicted octanol–water partition coefficient (Wildman–Crippen LogP) is 1.92. The zero-order valence-corrected chi connectivity index (χ0v) is 10.9. The first-order valence-corrected chi connectivity index (χ1v) is 7.21. The lowest BCUT2D eigenvalue weighted by Gasteiger charge is -2.15. The van der Waals surface area contributed by atoms with Crippen molar-refractivity contribution in [3.8, 4) is 0 Å². The van der Waals surface area contributed by atoms with E-state index >= 15 is 0 Å². The van der Waals surface area contributed by atoms with E-state index in [1.165, 1.54) is 10.4 Å². The van der Waals surface area contributed by atoms with Crippen LogP contribution in [-0.2, 0) is 10.0 Å². The molecule has 6 heteroatoms. The van der Waals surface area contributed by atoms with Crippen LogP contribution in [0, 0.1) is 0 Å². The number of unbranched alkanes of at least 4 members (excludes halogenated alkanes) is 1. The standard InChI is InChI=1S/C10H16N2O2S2/c1-3-4-5-6-12(2)16(13,14)10-7-9(11)8-15-10/h3,7-8H,1,4-6,11H2,2H3. The van der Waals surface area contributed by atoms with E-state index in [4.69, 9.17) is 5.73 Å². The molecule has 1 heterocycles. The molecular formula is C10H16N2O2S2. The van der Waals surface area contributed by atoms with Crippen molar-refractivity contribution in [1.29, 1.82) is 0 Å². The Morgan fingerprint density at radius 2 is 2.31 bits per heavy atom. The van der Waals surface area contributed by atoms with E-state index in [-0.39, 0.29) is 0 Å². The molecule has 0 aliphatic carbocycles. The Hall–Kier alpha value is -0.850. The summed E-state index contributed by atoms with van der Waals surface area (Å²) in [4.78, 5) is 0. The Labute approximate surface area is 100 Å². The molecule has 0 spiro atoms. The molecule has 0 radical (unpaired) electrons. The van der Waals surface area contributed by atoms with Gasteiger partial charge in [0.05, 0.1) is 0 Å². The number of sulfonamides is 1. The molecule has 0 fully saturated rings. The molecule has 0 saturated heterocycles. The zero-order valence-electron chi connectivity index (χ0n) is 9.22. The third kappa shape index (κ3) is 3.07. The number of hydrogen-bond acceptors (Lipinski definition) is 4. The molecule has 4 nitrogen and oxygen atoms in total. The first-order valence-electron chi connectivity index (χ1n) is 4.89. The Kier molecular flexibility index (Phi) is 4.52. The van der Waals surface area contributed by atoms with Crippen molar-refractivity contribution < 1.29 is 8.42 Å². The fraction of sp³-hybridized carbons (Fsp3) is 0.400. The topological polar surface area (TPSA) is 63.4 Å². The van der Waals surface area contributed by atoms with Crippen LogP contribution in [-0.4, -0.2) is 26.3 Å². The van der Waals surface area contributed by atoms with Crippen LogP contribution in [0.15, 0.2) is 28.3 Å². The lowest BCUT2D eigenvalue weighted by atomic mass is 10.3. The van der Waals surface area contributed by atoms with Gasteiger partial charge in [0, 0.05) is 24.7 Å². The average Bonchev–Trinajstić information content (AvgIpc) is 2.65. The second-order valence-electron chi connectivity index (χ2n) is 3.46. The molecule has 0 amide bonds. The lowest BCUT2D eigenvalue weighted by Crippen LogP contribution is -2.27. The number of nitrogens with two attached hydrogens (primary N) is 1. The van der Waals surface area contributed by atoms with E-state index < -0.39 is 10.0 Å². The van der Waals surface area contributed by atoms with E-state index in [0.717, 1.165) is 24.2 Å². The first kappa shape index (κ1) is 13.2. The summed E-state index contributed by atoms with van der Waals surface area (Å²) in [6, 6.07) is 1.49. The first-order chi connectivity index (χ1) is 7.48. The number of allylic oxidation sites excluding steroid dienone is 1. The highest BCUT2D eigenvalue weighted by atomic mass is 32.2. The van der Waals surface area contributed by atoms with E-state index in [2.05, 4.69) is 6.58 Å². The fourth-order valence-corrected chi connectivity index (χ4v) is 3.70. The number of nitrogen functional groups attached to an aromatic ring is 1. The van der Waals surface area contributed by atoms with Gasteiger partial charge >= 0.3 is 0 Å². The van der Waals surface area contributed by atoms with Gasteiger partial charge in [-0.05, 0) is 18.9 Å². The highest BCUT2D eigenvalue weighted by molar-refractivity contribution is 7.91. The number of rotatable bonds is 6. The normalized spacial score (nSPS) is 11.9. The highest BCUT2D eigenvalue weighted by Gasteiger charge is 2.21. The van der Waals surface area contributed by atoms with Crippen molar-refractivity contribution >= 4 is 27.0 Å². The third-order valence-electron chi connectivity index (χ3n) is 2.14. The van der Waals surface area contributed by atoms with Gasteiger partial charge in [0.2, 0.25) is 0 Å². The summed E-state index contributed by atoms with van der Waals surface area (Å²) in [5.41, 5.74) is 6.00. The molecule has 16 heavy (non-hydrogen) atoms. The molecule has 0 unspecified atom stereocenters. The van der Waals surface area contributed by atoms with Gasteiger partial charge in [0.25, 0.3) is 10.0 Å². The van der Waals surface area contributed by atoms with Gasteiger partial charge in [-0.3, -0.25) is 0 Å². The van der Waals surface area contributed by atoms with Crippen LogP contribution in [0.3, 0.4) is 0 Å². The van der Waals surface area contributed by atoms with E-state index in [1.54, 1.807) is 18.5 Å². The van der Waals surface area contributed by atoms with Crippen molar-refractivity contribution in [3.05, 3.63) is 24.1 Å². The SMILES string of the molecule is C=CCCCN(C)S(=O)(=O)c1cc(N)cs1. The maximum Gasteiger partial charge on any atom is 0.252 e. The van der Waals surface area contributed by atoms with E-state index in [0.29, 0.717) is 16.4 Å². The summed E-state index contributed by atoms with van der Waals surface area (Å²) in [5.74, 6) is 0. The summed E-state index contributed by atoms with van der Waals surface area (Å²) in [6.07, 6.45) is 3.37. The molecule has 0 aliphatic rings. The van der Waals surface area contributed by atoms with Crippen LogP contribution in [0.2, 0.25) is 0 Å². The quantitative estimate of drug-likeness (QED) is 0.628. The number of thiophene rings is 1. The van der Waals surface area contributed by atoms with Gasteiger partial charge in [-0.1, -0.05) is 6.08 Å². The van der Waals surface area contributed by atoms with Crippen LogP contribution < -0.4 is 5.73 Å². The van der Waals surface area contributed by atoms with Gasteiger partial charge in [-0.2, -0.15) is 0 Å². The molecule has 2 N–H and O–H groups in total. The molecule has 1 aromatic rings. The molecule has 0 aromatic carbocycles. The minimum atomic E-state index is -3.36. The second kappa shape index (κ2) is 5.47. The fourth-order valence-electron chi connectivity index (χ4n) is 1.20. The van der Waals surface area contributed by atoms with Crippen LogP contribution in [0.5, 0.6) is 0 Å². The monoisotopic (exact) mass is 260 g/mol. The average molecular weight is 260 g/mol. The summed E-state index contributed by atoms with van der Waals surface area (Å²) < 4.78 is 25.6. The molecule has 0 aliphatic heterocycles. The van der Waals surface area contributed by atoms with Gasteiger partial charge in [0.15, 0.2) is 0 Å². The van der Waals surface area contributed by atoms with Crippen molar-refractivity contribution in [2.75, 3.05) is 19.3 Å². The van der Waals surface area contributed by atoms with Crippen LogP contribution in [0.1, 0.15) is 12.8 Å². The molecule has 1 aromatic heterocycles. The van der Waals surface area contributed by atoms with Gasteiger partial charge < -0.3 is 5.73 Å². The van der Waals surface area contributed by atoms with Crippen LogP contribution in [0.25, 0.3) is 0 Å². The Morgan fingerprint density at radius 3 is 2.81 bits per heavy atom. The Bertz CT molecular complexity index is 451.